The molecule has 44 heavy (non-hydrogen) atoms. The number of rotatable bonds is 4. The standard InChI is InChI=1S/C41H27N3/c1-4-13-28(14-5-1)36-26-32(27-37(42-36)29-15-6-2-7-16-29)43-24-23-30-25-35-33-19-10-11-21-38(33)44(31-17-8-3-9-18-31)41(35)34-20-12-22-39(43)40(30)34/h1-27H. The van der Waals surface area contributed by atoms with Crippen molar-refractivity contribution in [3.05, 3.63) is 163 Å². The van der Waals surface area contributed by atoms with Crippen molar-refractivity contribution in [2.75, 3.05) is 4.90 Å². The highest BCUT2D eigenvalue weighted by atomic mass is 15.1. The molecule has 0 spiro atoms. The molecule has 6 aromatic carbocycles. The Morgan fingerprint density at radius 1 is 0.477 bits per heavy atom. The molecule has 0 bridgehead atoms. The molecule has 2 aromatic heterocycles. The fourth-order valence-corrected chi connectivity index (χ4v) is 6.75. The first-order valence-corrected chi connectivity index (χ1v) is 15.0. The molecule has 0 amide bonds. The molecule has 0 N–H and O–H groups in total. The molecule has 1 aliphatic heterocycles. The normalized spacial score (nSPS) is 12.4. The summed E-state index contributed by atoms with van der Waals surface area (Å²) < 4.78 is 2.42. The minimum atomic E-state index is 0.952. The van der Waals surface area contributed by atoms with E-state index in [4.69, 9.17) is 4.98 Å². The Bertz CT molecular complexity index is 2310. The number of anilines is 2. The third-order valence-electron chi connectivity index (χ3n) is 8.70. The van der Waals surface area contributed by atoms with Crippen molar-refractivity contribution in [1.29, 1.82) is 0 Å². The van der Waals surface area contributed by atoms with E-state index in [-0.39, 0.29) is 0 Å². The maximum absolute atomic E-state index is 5.12. The maximum Gasteiger partial charge on any atom is 0.0730 e. The fraction of sp³-hybridized carbons (Fsp3) is 0. The number of para-hydroxylation sites is 2. The highest BCUT2D eigenvalue weighted by molar-refractivity contribution is 6.23. The van der Waals surface area contributed by atoms with Gasteiger partial charge in [0, 0.05) is 50.2 Å². The summed E-state index contributed by atoms with van der Waals surface area (Å²) in [6, 6.07) is 53.8. The summed E-state index contributed by atoms with van der Waals surface area (Å²) >= 11 is 0. The summed E-state index contributed by atoms with van der Waals surface area (Å²) in [7, 11) is 0. The van der Waals surface area contributed by atoms with Gasteiger partial charge in [-0.2, -0.15) is 0 Å². The lowest BCUT2D eigenvalue weighted by atomic mass is 9.95. The van der Waals surface area contributed by atoms with E-state index >= 15 is 0 Å². The van der Waals surface area contributed by atoms with Crippen molar-refractivity contribution < 1.29 is 0 Å². The molecule has 206 valence electrons. The van der Waals surface area contributed by atoms with Gasteiger partial charge in [0.25, 0.3) is 0 Å². The molecule has 0 saturated heterocycles. The summed E-state index contributed by atoms with van der Waals surface area (Å²) in [5.74, 6) is 0. The highest BCUT2D eigenvalue weighted by Gasteiger charge is 2.23. The van der Waals surface area contributed by atoms with Gasteiger partial charge in [-0.15, -0.1) is 0 Å². The summed E-state index contributed by atoms with van der Waals surface area (Å²) in [5, 5.41) is 5.02. The molecule has 0 saturated carbocycles. The van der Waals surface area contributed by atoms with Crippen LogP contribution in [-0.4, -0.2) is 9.55 Å². The topological polar surface area (TPSA) is 21.1 Å². The van der Waals surface area contributed by atoms with Crippen molar-refractivity contribution in [2.45, 2.75) is 0 Å². The molecule has 3 nitrogen and oxygen atoms in total. The molecule has 0 aliphatic carbocycles. The number of pyridine rings is 1. The van der Waals surface area contributed by atoms with Gasteiger partial charge in [0.2, 0.25) is 0 Å². The van der Waals surface area contributed by atoms with Gasteiger partial charge in [0.15, 0.2) is 0 Å². The first-order chi connectivity index (χ1) is 21.8. The van der Waals surface area contributed by atoms with E-state index in [1.807, 2.05) is 12.1 Å². The van der Waals surface area contributed by atoms with E-state index in [1.165, 1.54) is 38.1 Å². The third-order valence-corrected chi connectivity index (χ3v) is 8.70. The van der Waals surface area contributed by atoms with Crippen molar-refractivity contribution in [3.63, 3.8) is 0 Å². The summed E-state index contributed by atoms with van der Waals surface area (Å²) in [4.78, 5) is 7.44. The van der Waals surface area contributed by atoms with Crippen LogP contribution in [0.4, 0.5) is 11.4 Å². The molecule has 3 heterocycles. The molecule has 0 atom stereocenters. The fourth-order valence-electron chi connectivity index (χ4n) is 6.75. The quantitative estimate of drug-likeness (QED) is 0.213. The van der Waals surface area contributed by atoms with Gasteiger partial charge in [-0.05, 0) is 54.1 Å². The van der Waals surface area contributed by atoms with Crippen LogP contribution in [0.2, 0.25) is 0 Å². The van der Waals surface area contributed by atoms with Crippen LogP contribution in [0.15, 0.2) is 158 Å². The average molecular weight is 562 g/mol. The van der Waals surface area contributed by atoms with E-state index < -0.39 is 0 Å². The van der Waals surface area contributed by atoms with Gasteiger partial charge in [-0.3, -0.25) is 0 Å². The molecule has 0 unspecified atom stereocenters. The van der Waals surface area contributed by atoms with Crippen molar-refractivity contribution in [1.82, 2.24) is 9.55 Å². The second kappa shape index (κ2) is 9.82. The van der Waals surface area contributed by atoms with Crippen LogP contribution in [-0.2, 0) is 0 Å². The highest BCUT2D eigenvalue weighted by Crippen LogP contribution is 2.45. The van der Waals surface area contributed by atoms with Gasteiger partial charge >= 0.3 is 0 Å². The number of nitrogens with zero attached hydrogens (tertiary/aromatic N) is 3. The zero-order chi connectivity index (χ0) is 29.0. The lowest BCUT2D eigenvalue weighted by Gasteiger charge is -2.28. The molecule has 0 radical (unpaired) electrons. The predicted octanol–water partition coefficient (Wildman–Crippen LogP) is 10.8. The Balaban J connectivity index is 1.31. The van der Waals surface area contributed by atoms with E-state index in [2.05, 4.69) is 161 Å². The Hall–Kier alpha value is -5.93. The average Bonchev–Trinajstić information content (AvgIpc) is 3.44. The Morgan fingerprint density at radius 3 is 1.80 bits per heavy atom. The number of hydrogen-bond donors (Lipinski definition) is 0. The SMILES string of the molecule is C1=CN(c2cc(-c3ccccc3)nc(-c3ccccc3)c2)c2cccc3c2c1cc1c2ccccc2n(-c2ccccc2)c31. The maximum atomic E-state index is 5.12. The van der Waals surface area contributed by atoms with Crippen LogP contribution in [0, 0.1) is 0 Å². The van der Waals surface area contributed by atoms with Gasteiger partial charge in [-0.1, -0.05) is 109 Å². The summed E-state index contributed by atoms with van der Waals surface area (Å²) in [6.45, 7) is 0. The largest absolute Gasteiger partial charge is 0.316 e. The lowest BCUT2D eigenvalue weighted by Crippen LogP contribution is -2.13. The molecular formula is C41H27N3. The van der Waals surface area contributed by atoms with Crippen LogP contribution in [0.5, 0.6) is 0 Å². The van der Waals surface area contributed by atoms with Crippen LogP contribution in [0.1, 0.15) is 5.56 Å². The molecule has 8 aromatic rings. The lowest BCUT2D eigenvalue weighted by molar-refractivity contribution is 1.19. The predicted molar refractivity (Wildman–Crippen MR) is 185 cm³/mol. The molecule has 1 aliphatic rings. The number of fused-ring (bicyclic) bond motifs is 4. The first-order valence-electron chi connectivity index (χ1n) is 15.0. The smallest absolute Gasteiger partial charge is 0.0730 e. The molecule has 9 rings (SSSR count). The minimum absolute atomic E-state index is 0.952. The minimum Gasteiger partial charge on any atom is -0.316 e. The number of hydrogen-bond acceptors (Lipinski definition) is 2. The second-order valence-electron chi connectivity index (χ2n) is 11.3. The van der Waals surface area contributed by atoms with Crippen molar-refractivity contribution >= 4 is 50.0 Å². The summed E-state index contributed by atoms with van der Waals surface area (Å²) in [5.41, 5.74) is 11.2. The van der Waals surface area contributed by atoms with Gasteiger partial charge in [0.05, 0.1) is 28.1 Å². The molecule has 3 heteroatoms. The Kier molecular flexibility index (Phi) is 5.50. The van der Waals surface area contributed by atoms with Crippen LogP contribution in [0.3, 0.4) is 0 Å². The molecular weight excluding hydrogens is 534 g/mol. The monoisotopic (exact) mass is 561 g/mol. The van der Waals surface area contributed by atoms with E-state index in [9.17, 15) is 0 Å². The first kappa shape index (κ1) is 24.6. The van der Waals surface area contributed by atoms with Crippen LogP contribution in [0.25, 0.3) is 66.9 Å². The van der Waals surface area contributed by atoms with Crippen molar-refractivity contribution in [3.8, 4) is 28.2 Å². The number of aromatic nitrogens is 2. The Labute approximate surface area is 255 Å². The second-order valence-corrected chi connectivity index (χ2v) is 11.3. The van der Waals surface area contributed by atoms with Gasteiger partial charge in [-0.25, -0.2) is 4.98 Å². The van der Waals surface area contributed by atoms with Gasteiger partial charge < -0.3 is 9.47 Å². The van der Waals surface area contributed by atoms with E-state index in [0.29, 0.717) is 0 Å². The molecule has 0 fully saturated rings. The van der Waals surface area contributed by atoms with E-state index in [0.717, 1.165) is 39.6 Å². The van der Waals surface area contributed by atoms with Crippen LogP contribution < -0.4 is 4.90 Å². The zero-order valence-electron chi connectivity index (χ0n) is 23.9. The summed E-state index contributed by atoms with van der Waals surface area (Å²) in [6.07, 6.45) is 4.46. The third kappa shape index (κ3) is 3.80. The van der Waals surface area contributed by atoms with Gasteiger partial charge in [0.1, 0.15) is 0 Å². The zero-order valence-corrected chi connectivity index (χ0v) is 23.9. The Morgan fingerprint density at radius 2 is 1.09 bits per heavy atom. The number of benzene rings is 6. The van der Waals surface area contributed by atoms with Crippen molar-refractivity contribution in [2.24, 2.45) is 0 Å². The van der Waals surface area contributed by atoms with Crippen LogP contribution >= 0.6 is 0 Å². The van der Waals surface area contributed by atoms with E-state index in [1.54, 1.807) is 0 Å².